The zero-order valence-corrected chi connectivity index (χ0v) is 24.0. The van der Waals surface area contributed by atoms with E-state index in [-0.39, 0.29) is 12.0 Å². The quantitative estimate of drug-likeness (QED) is 0.306. The number of carbonyl (C=O) groups is 1. The summed E-state index contributed by atoms with van der Waals surface area (Å²) < 4.78 is 5.08. The molecule has 0 aliphatic carbocycles. The number of hydrogen-bond acceptors (Lipinski definition) is 10. The fourth-order valence-electron chi connectivity index (χ4n) is 5.07. The Kier molecular flexibility index (Phi) is 8.91. The molecule has 41 heavy (non-hydrogen) atoms. The second kappa shape index (κ2) is 12.9. The van der Waals surface area contributed by atoms with Crippen molar-refractivity contribution >= 4 is 17.6 Å². The summed E-state index contributed by atoms with van der Waals surface area (Å²) in [6.45, 7) is 9.39. The average Bonchev–Trinajstić information content (AvgIpc) is 2.98. The van der Waals surface area contributed by atoms with E-state index in [2.05, 4.69) is 73.2 Å². The average molecular weight is 553 g/mol. The number of anilines is 2. The lowest BCUT2D eigenvalue weighted by Crippen LogP contribution is -2.58. The first-order valence-corrected chi connectivity index (χ1v) is 13.9. The summed E-state index contributed by atoms with van der Waals surface area (Å²) in [6, 6.07) is 18.0. The van der Waals surface area contributed by atoms with Crippen LogP contribution in [0.25, 0.3) is 11.5 Å². The van der Waals surface area contributed by atoms with E-state index in [1.807, 2.05) is 31.2 Å². The molecule has 1 aliphatic heterocycles. The maximum absolute atomic E-state index is 12.4. The molecule has 212 valence electrons. The third kappa shape index (κ3) is 7.27. The van der Waals surface area contributed by atoms with E-state index >= 15 is 0 Å². The van der Waals surface area contributed by atoms with Crippen LogP contribution in [-0.4, -0.2) is 79.5 Å². The van der Waals surface area contributed by atoms with Gasteiger partial charge < -0.3 is 10.1 Å². The molecule has 0 bridgehead atoms. The summed E-state index contributed by atoms with van der Waals surface area (Å²) in [5.74, 6) is 2.39. The molecule has 0 saturated carbocycles. The molecule has 1 aromatic carbocycles. The van der Waals surface area contributed by atoms with Crippen LogP contribution in [0.15, 0.2) is 67.0 Å². The summed E-state index contributed by atoms with van der Waals surface area (Å²) >= 11 is 0. The highest BCUT2D eigenvalue weighted by Gasteiger charge is 2.34. The molecule has 0 spiro atoms. The van der Waals surface area contributed by atoms with Crippen molar-refractivity contribution in [3.05, 3.63) is 89.6 Å². The topological polar surface area (TPSA) is 109 Å². The van der Waals surface area contributed by atoms with Crippen LogP contribution in [0.3, 0.4) is 0 Å². The Morgan fingerprint density at radius 3 is 2.41 bits per heavy atom. The summed E-state index contributed by atoms with van der Waals surface area (Å²) in [5.41, 5.74) is 3.96. The van der Waals surface area contributed by atoms with Crippen molar-refractivity contribution in [3.8, 4) is 11.5 Å². The molecule has 0 radical (unpaired) electrons. The second-order valence-corrected chi connectivity index (χ2v) is 10.5. The van der Waals surface area contributed by atoms with Crippen molar-refractivity contribution in [1.29, 1.82) is 0 Å². The maximum Gasteiger partial charge on any atom is 0.324 e. The fraction of sp³-hybridized carbons (Fsp3) is 0.355. The maximum atomic E-state index is 12.4. The molecule has 1 unspecified atom stereocenters. The van der Waals surface area contributed by atoms with Gasteiger partial charge in [-0.1, -0.05) is 30.3 Å². The zero-order valence-electron chi connectivity index (χ0n) is 24.0. The number of hydrogen-bond donors (Lipinski definition) is 1. The van der Waals surface area contributed by atoms with E-state index in [9.17, 15) is 4.79 Å². The van der Waals surface area contributed by atoms with Crippen molar-refractivity contribution in [1.82, 2.24) is 34.7 Å². The van der Waals surface area contributed by atoms with Gasteiger partial charge in [-0.25, -0.2) is 24.9 Å². The number of piperazine rings is 1. The van der Waals surface area contributed by atoms with Crippen LogP contribution < -0.4 is 5.32 Å². The highest BCUT2D eigenvalue weighted by atomic mass is 16.5. The third-order valence-electron chi connectivity index (χ3n) is 7.17. The van der Waals surface area contributed by atoms with E-state index in [1.54, 1.807) is 18.5 Å². The van der Waals surface area contributed by atoms with E-state index in [1.165, 1.54) is 12.7 Å². The lowest BCUT2D eigenvalue weighted by atomic mass is 10.1. The largest absolute Gasteiger partial charge is 0.468 e. The van der Waals surface area contributed by atoms with Crippen LogP contribution >= 0.6 is 0 Å². The smallest absolute Gasteiger partial charge is 0.324 e. The lowest BCUT2D eigenvalue weighted by molar-refractivity contribution is -0.150. The first-order chi connectivity index (χ1) is 19.9. The Balaban J connectivity index is 1.20. The minimum absolute atomic E-state index is 0.168. The molecule has 4 heterocycles. The zero-order chi connectivity index (χ0) is 28.8. The standard InChI is InChI=1S/C31H36N8O2/c1-21(2)39-17-16-38(20-26(39)31(40)41-4)19-24-10-8-23(9-11-24)18-29-32-14-12-27(36-29)35-28-13-15-33-30(37-28)25-7-5-6-22(3)34-25/h5-15,21,26H,16-20H2,1-4H3,(H,32,33,35,36,37). The van der Waals surface area contributed by atoms with Gasteiger partial charge in [0.05, 0.1) is 7.11 Å². The summed E-state index contributed by atoms with van der Waals surface area (Å²) in [5, 5.41) is 3.26. The van der Waals surface area contributed by atoms with Crippen LogP contribution in [0.1, 0.15) is 36.5 Å². The number of aryl methyl sites for hydroxylation is 1. The van der Waals surface area contributed by atoms with Gasteiger partial charge >= 0.3 is 5.97 Å². The minimum atomic E-state index is -0.237. The molecule has 1 N–H and O–H groups in total. The van der Waals surface area contributed by atoms with Gasteiger partial charge in [0, 0.05) is 56.7 Å². The van der Waals surface area contributed by atoms with E-state index in [4.69, 9.17) is 9.72 Å². The van der Waals surface area contributed by atoms with Crippen LogP contribution in [-0.2, 0) is 22.5 Å². The van der Waals surface area contributed by atoms with Gasteiger partial charge in [-0.05, 0) is 56.2 Å². The number of rotatable bonds is 9. The highest BCUT2D eigenvalue weighted by molar-refractivity contribution is 5.76. The number of ether oxygens (including phenoxy) is 1. The van der Waals surface area contributed by atoms with Gasteiger partial charge in [-0.2, -0.15) is 0 Å². The number of pyridine rings is 1. The van der Waals surface area contributed by atoms with Crippen LogP contribution in [0.5, 0.6) is 0 Å². The molecule has 5 rings (SSSR count). The van der Waals surface area contributed by atoms with Crippen LogP contribution in [0.4, 0.5) is 11.6 Å². The number of methoxy groups -OCH3 is 1. The van der Waals surface area contributed by atoms with E-state index in [0.29, 0.717) is 42.3 Å². The van der Waals surface area contributed by atoms with Gasteiger partial charge in [0.2, 0.25) is 0 Å². The monoisotopic (exact) mass is 552 g/mol. The summed E-state index contributed by atoms with van der Waals surface area (Å²) in [7, 11) is 1.46. The number of nitrogens with one attached hydrogen (secondary N) is 1. The van der Waals surface area contributed by atoms with E-state index < -0.39 is 0 Å². The predicted molar refractivity (Wildman–Crippen MR) is 157 cm³/mol. The number of carbonyl (C=O) groups excluding carboxylic acids is 1. The first-order valence-electron chi connectivity index (χ1n) is 13.9. The van der Waals surface area contributed by atoms with Gasteiger partial charge in [0.15, 0.2) is 5.82 Å². The molecule has 1 atom stereocenters. The Labute approximate surface area is 240 Å². The Hall–Kier alpha value is -4.28. The Bertz CT molecular complexity index is 1480. The van der Waals surface area contributed by atoms with Crippen molar-refractivity contribution in [2.75, 3.05) is 32.1 Å². The Morgan fingerprint density at radius 2 is 1.68 bits per heavy atom. The number of nitrogens with zero attached hydrogens (tertiary/aromatic N) is 7. The SMILES string of the molecule is COC(=O)C1CN(Cc2ccc(Cc3nccc(Nc4ccnc(-c5cccc(C)n5)n4)n3)cc2)CCN1C(C)C. The molecule has 1 aliphatic rings. The predicted octanol–water partition coefficient (Wildman–Crippen LogP) is 4.04. The van der Waals surface area contributed by atoms with Gasteiger partial charge in [-0.15, -0.1) is 0 Å². The number of esters is 1. The molecule has 0 amide bonds. The summed E-state index contributed by atoms with van der Waals surface area (Å²) in [4.78, 5) is 39.6. The second-order valence-electron chi connectivity index (χ2n) is 10.5. The van der Waals surface area contributed by atoms with Crippen LogP contribution in [0, 0.1) is 6.92 Å². The van der Waals surface area contributed by atoms with Crippen molar-refractivity contribution in [2.24, 2.45) is 0 Å². The van der Waals surface area contributed by atoms with Crippen LogP contribution in [0.2, 0.25) is 0 Å². The molecule has 3 aromatic heterocycles. The Morgan fingerprint density at radius 1 is 0.951 bits per heavy atom. The molecule has 10 nitrogen and oxygen atoms in total. The van der Waals surface area contributed by atoms with Crippen molar-refractivity contribution in [3.63, 3.8) is 0 Å². The molecule has 4 aromatic rings. The van der Waals surface area contributed by atoms with Gasteiger partial charge in [0.1, 0.15) is 29.2 Å². The summed E-state index contributed by atoms with van der Waals surface area (Å²) in [6.07, 6.45) is 4.06. The normalized spacial score (nSPS) is 16.1. The van der Waals surface area contributed by atoms with Crippen molar-refractivity contribution in [2.45, 2.75) is 45.8 Å². The fourth-order valence-corrected chi connectivity index (χ4v) is 5.07. The molecular formula is C31H36N8O2. The molecular weight excluding hydrogens is 516 g/mol. The number of benzene rings is 1. The lowest BCUT2D eigenvalue weighted by Gasteiger charge is -2.42. The van der Waals surface area contributed by atoms with E-state index in [0.717, 1.165) is 36.6 Å². The minimum Gasteiger partial charge on any atom is -0.468 e. The van der Waals surface area contributed by atoms with Gasteiger partial charge in [-0.3, -0.25) is 14.6 Å². The number of aromatic nitrogens is 5. The van der Waals surface area contributed by atoms with Crippen molar-refractivity contribution < 1.29 is 9.53 Å². The highest BCUT2D eigenvalue weighted by Crippen LogP contribution is 2.19. The first kappa shape index (κ1) is 28.3. The third-order valence-corrected chi connectivity index (χ3v) is 7.17. The molecule has 1 fully saturated rings. The molecule has 1 saturated heterocycles. The molecule has 10 heteroatoms. The van der Waals surface area contributed by atoms with Gasteiger partial charge in [0.25, 0.3) is 0 Å².